The number of anilines is 1. The van der Waals surface area contributed by atoms with Crippen molar-refractivity contribution in [2.24, 2.45) is 0 Å². The van der Waals surface area contributed by atoms with Crippen LogP contribution in [0.5, 0.6) is 11.5 Å². The number of halogens is 1. The van der Waals surface area contributed by atoms with E-state index in [0.29, 0.717) is 34.9 Å². The van der Waals surface area contributed by atoms with E-state index in [4.69, 9.17) is 13.9 Å². The molecule has 0 aliphatic rings. The van der Waals surface area contributed by atoms with Crippen molar-refractivity contribution in [2.45, 2.75) is 12.3 Å². The quantitative estimate of drug-likeness (QED) is 0.671. The van der Waals surface area contributed by atoms with Crippen LogP contribution in [0.15, 0.2) is 65.3 Å². The van der Waals surface area contributed by atoms with Crippen LogP contribution < -0.4 is 14.8 Å². The summed E-state index contributed by atoms with van der Waals surface area (Å²) in [6.45, 7) is 0. The molecule has 27 heavy (non-hydrogen) atoms. The Morgan fingerprint density at radius 3 is 2.52 bits per heavy atom. The van der Waals surface area contributed by atoms with Gasteiger partial charge in [0.1, 0.15) is 23.1 Å². The van der Waals surface area contributed by atoms with Crippen LogP contribution in [0.1, 0.15) is 17.2 Å². The number of carbonyl (C=O) groups excluding carboxylic acids is 1. The SMILES string of the molecule is COc1ccc(OC)c(NC(=O)C(Cc2ccco2)c2ccc(F)cc2)c1. The number of hydrogen-bond acceptors (Lipinski definition) is 4. The summed E-state index contributed by atoms with van der Waals surface area (Å²) in [5, 5.41) is 2.88. The third kappa shape index (κ3) is 4.47. The monoisotopic (exact) mass is 369 g/mol. The normalized spacial score (nSPS) is 11.7. The van der Waals surface area contributed by atoms with E-state index >= 15 is 0 Å². The van der Waals surface area contributed by atoms with Gasteiger partial charge in [0.25, 0.3) is 0 Å². The summed E-state index contributed by atoms with van der Waals surface area (Å²) in [5.74, 6) is 0.593. The van der Waals surface area contributed by atoms with Gasteiger partial charge in [-0.1, -0.05) is 12.1 Å². The highest BCUT2D eigenvalue weighted by Gasteiger charge is 2.24. The number of carbonyl (C=O) groups is 1. The second-order valence-corrected chi connectivity index (χ2v) is 5.94. The first-order valence-corrected chi connectivity index (χ1v) is 8.41. The number of methoxy groups -OCH3 is 2. The average molecular weight is 369 g/mol. The average Bonchev–Trinajstić information content (AvgIpc) is 3.20. The highest BCUT2D eigenvalue weighted by molar-refractivity contribution is 5.97. The molecule has 1 N–H and O–H groups in total. The topological polar surface area (TPSA) is 60.7 Å². The first-order valence-electron chi connectivity index (χ1n) is 8.41. The number of hydrogen-bond donors (Lipinski definition) is 1. The third-order valence-electron chi connectivity index (χ3n) is 4.24. The molecule has 6 heteroatoms. The van der Waals surface area contributed by atoms with Crippen LogP contribution in [0.3, 0.4) is 0 Å². The Hall–Kier alpha value is -3.28. The van der Waals surface area contributed by atoms with Crippen LogP contribution in [0.25, 0.3) is 0 Å². The van der Waals surface area contributed by atoms with Crippen molar-refractivity contribution in [1.82, 2.24) is 0 Å². The van der Waals surface area contributed by atoms with E-state index in [1.165, 1.54) is 19.2 Å². The van der Waals surface area contributed by atoms with Gasteiger partial charge < -0.3 is 19.2 Å². The van der Waals surface area contributed by atoms with E-state index in [2.05, 4.69) is 5.32 Å². The largest absolute Gasteiger partial charge is 0.497 e. The van der Waals surface area contributed by atoms with Crippen LogP contribution in [-0.4, -0.2) is 20.1 Å². The van der Waals surface area contributed by atoms with Crippen molar-refractivity contribution in [3.05, 3.63) is 78.0 Å². The maximum atomic E-state index is 13.3. The molecule has 0 spiro atoms. The maximum Gasteiger partial charge on any atom is 0.232 e. The second-order valence-electron chi connectivity index (χ2n) is 5.94. The Balaban J connectivity index is 1.90. The molecule has 3 rings (SSSR count). The maximum absolute atomic E-state index is 13.3. The van der Waals surface area contributed by atoms with Gasteiger partial charge in [0, 0.05) is 12.5 Å². The minimum absolute atomic E-state index is 0.260. The summed E-state index contributed by atoms with van der Waals surface area (Å²) in [7, 11) is 3.07. The molecule has 0 fully saturated rings. The molecule has 5 nitrogen and oxygen atoms in total. The molecule has 1 aromatic heterocycles. The summed E-state index contributed by atoms with van der Waals surface area (Å²) in [6.07, 6.45) is 1.90. The summed E-state index contributed by atoms with van der Waals surface area (Å²) < 4.78 is 29.2. The smallest absolute Gasteiger partial charge is 0.232 e. The van der Waals surface area contributed by atoms with Crippen molar-refractivity contribution < 1.29 is 23.1 Å². The molecule has 1 unspecified atom stereocenters. The molecule has 3 aromatic rings. The number of benzene rings is 2. The Bertz CT molecular complexity index is 891. The number of nitrogens with one attached hydrogen (secondary N) is 1. The summed E-state index contributed by atoms with van der Waals surface area (Å²) >= 11 is 0. The van der Waals surface area contributed by atoms with Crippen LogP contribution in [0.4, 0.5) is 10.1 Å². The predicted molar refractivity (Wildman–Crippen MR) is 99.7 cm³/mol. The van der Waals surface area contributed by atoms with Crippen LogP contribution in [0, 0.1) is 5.82 Å². The van der Waals surface area contributed by atoms with E-state index in [9.17, 15) is 9.18 Å². The highest BCUT2D eigenvalue weighted by atomic mass is 19.1. The van der Waals surface area contributed by atoms with E-state index in [-0.39, 0.29) is 11.7 Å². The fraction of sp³-hybridized carbons (Fsp3) is 0.190. The van der Waals surface area contributed by atoms with Gasteiger partial charge in [-0.2, -0.15) is 0 Å². The molecule has 140 valence electrons. The molecule has 0 aliphatic carbocycles. The van der Waals surface area contributed by atoms with Crippen LogP contribution >= 0.6 is 0 Å². The Kier molecular flexibility index (Phi) is 5.76. The Labute approximate surface area is 156 Å². The zero-order chi connectivity index (χ0) is 19.2. The molecule has 1 amide bonds. The molecular weight excluding hydrogens is 349 g/mol. The summed E-state index contributed by atoms with van der Waals surface area (Å²) in [4.78, 5) is 13.0. The lowest BCUT2D eigenvalue weighted by molar-refractivity contribution is -0.117. The molecule has 0 bridgehead atoms. The van der Waals surface area contributed by atoms with E-state index in [1.54, 1.807) is 55.8 Å². The first-order chi connectivity index (χ1) is 13.1. The van der Waals surface area contributed by atoms with E-state index < -0.39 is 5.92 Å². The zero-order valence-corrected chi connectivity index (χ0v) is 15.1. The van der Waals surface area contributed by atoms with Crippen molar-refractivity contribution in [3.63, 3.8) is 0 Å². The molecule has 0 saturated heterocycles. The number of ether oxygens (including phenoxy) is 2. The predicted octanol–water partition coefficient (Wildman–Crippen LogP) is 4.40. The van der Waals surface area contributed by atoms with E-state index in [1.807, 2.05) is 0 Å². The van der Waals surface area contributed by atoms with Gasteiger partial charge in [0.15, 0.2) is 0 Å². The van der Waals surface area contributed by atoms with Crippen molar-refractivity contribution >= 4 is 11.6 Å². The fourth-order valence-electron chi connectivity index (χ4n) is 2.82. The Morgan fingerprint density at radius 2 is 1.89 bits per heavy atom. The number of amides is 1. The molecule has 0 aliphatic heterocycles. The minimum atomic E-state index is -0.562. The third-order valence-corrected chi connectivity index (χ3v) is 4.24. The van der Waals surface area contributed by atoms with Gasteiger partial charge in [-0.25, -0.2) is 4.39 Å². The van der Waals surface area contributed by atoms with Gasteiger partial charge in [-0.05, 0) is 42.0 Å². The summed E-state index contributed by atoms with van der Waals surface area (Å²) in [5.41, 5.74) is 1.18. The summed E-state index contributed by atoms with van der Waals surface area (Å²) in [6, 6.07) is 14.6. The minimum Gasteiger partial charge on any atom is -0.497 e. The second kappa shape index (κ2) is 8.40. The van der Waals surface area contributed by atoms with Gasteiger partial charge in [0.2, 0.25) is 5.91 Å². The van der Waals surface area contributed by atoms with Crippen molar-refractivity contribution in [1.29, 1.82) is 0 Å². The molecule has 1 atom stereocenters. The van der Waals surface area contributed by atoms with Gasteiger partial charge in [-0.3, -0.25) is 4.79 Å². The van der Waals surface area contributed by atoms with Gasteiger partial charge in [0.05, 0.1) is 32.1 Å². The zero-order valence-electron chi connectivity index (χ0n) is 15.1. The molecule has 1 heterocycles. The molecular formula is C21H20FNO4. The van der Waals surface area contributed by atoms with Crippen molar-refractivity contribution in [3.8, 4) is 11.5 Å². The molecule has 2 aromatic carbocycles. The lowest BCUT2D eigenvalue weighted by atomic mass is 9.93. The fourth-order valence-corrected chi connectivity index (χ4v) is 2.82. The lowest BCUT2D eigenvalue weighted by Gasteiger charge is -2.18. The van der Waals surface area contributed by atoms with Gasteiger partial charge in [-0.15, -0.1) is 0 Å². The number of rotatable bonds is 7. The molecule has 0 radical (unpaired) electrons. The van der Waals surface area contributed by atoms with E-state index in [0.717, 1.165) is 0 Å². The number of furan rings is 1. The van der Waals surface area contributed by atoms with Crippen LogP contribution in [0.2, 0.25) is 0 Å². The lowest BCUT2D eigenvalue weighted by Crippen LogP contribution is -2.23. The highest BCUT2D eigenvalue weighted by Crippen LogP contribution is 2.31. The Morgan fingerprint density at radius 1 is 1.11 bits per heavy atom. The van der Waals surface area contributed by atoms with Crippen molar-refractivity contribution in [2.75, 3.05) is 19.5 Å². The van der Waals surface area contributed by atoms with Crippen LogP contribution in [-0.2, 0) is 11.2 Å². The van der Waals surface area contributed by atoms with Gasteiger partial charge >= 0.3 is 0 Å². The standard InChI is InChI=1S/C21H20FNO4/c1-25-16-9-10-20(26-2)19(13-16)23-21(24)18(12-17-4-3-11-27-17)14-5-7-15(22)8-6-14/h3-11,13,18H,12H2,1-2H3,(H,23,24). The first kappa shape index (κ1) is 18.5. The molecule has 0 saturated carbocycles.